The van der Waals surface area contributed by atoms with Crippen LogP contribution in [0.15, 0.2) is 111 Å². The summed E-state index contributed by atoms with van der Waals surface area (Å²) in [5, 5.41) is 0.896. The molecule has 0 atom stereocenters. The van der Waals surface area contributed by atoms with Crippen LogP contribution in [0.25, 0.3) is 0 Å². The van der Waals surface area contributed by atoms with Crippen LogP contribution in [0.1, 0.15) is 70.9 Å². The molecule has 0 unspecified atom stereocenters. The maximum Gasteiger partial charge on any atom is 0.410 e. The standard InChI is InChI=1S/C18H25NO2.C16H22O2.C3H5Br/c1-5-7-13-18(3,4)19(14-6-2)17(20)21-15-16-11-9-8-10-12-16;1-4-5-11-16(2,3)12-15(17)18-13-14-9-7-6-8-10-14;1-2-3-4/h5-6,8-12H,1-2,7,13-15H2,3-4H3;4,6-10H,1,5,11-13H2,2-3H3;2H,1,3H2. The Morgan fingerprint density at radius 3 is 1.65 bits per heavy atom. The van der Waals surface area contributed by atoms with Crippen LogP contribution in [0, 0.1) is 5.41 Å². The Balaban J connectivity index is 0.000000736. The highest BCUT2D eigenvalue weighted by atomic mass is 79.9. The van der Waals surface area contributed by atoms with Gasteiger partial charge in [0.2, 0.25) is 0 Å². The van der Waals surface area contributed by atoms with E-state index in [4.69, 9.17) is 9.47 Å². The van der Waals surface area contributed by atoms with Crippen molar-refractivity contribution in [2.75, 3.05) is 11.9 Å². The number of benzene rings is 2. The van der Waals surface area contributed by atoms with E-state index >= 15 is 0 Å². The van der Waals surface area contributed by atoms with Crippen molar-refractivity contribution in [3.8, 4) is 0 Å². The van der Waals surface area contributed by atoms with Crippen LogP contribution < -0.4 is 0 Å². The van der Waals surface area contributed by atoms with Crippen LogP contribution in [0.5, 0.6) is 0 Å². The molecule has 0 aliphatic heterocycles. The summed E-state index contributed by atoms with van der Waals surface area (Å²) in [7, 11) is 0. The van der Waals surface area contributed by atoms with Gasteiger partial charge in [-0.05, 0) is 56.1 Å². The lowest BCUT2D eigenvalue weighted by atomic mass is 9.84. The van der Waals surface area contributed by atoms with Crippen molar-refractivity contribution < 1.29 is 19.1 Å². The van der Waals surface area contributed by atoms with Gasteiger partial charge in [-0.15, -0.1) is 26.3 Å². The highest BCUT2D eigenvalue weighted by molar-refractivity contribution is 9.09. The average molecular weight is 655 g/mol. The summed E-state index contributed by atoms with van der Waals surface area (Å²) in [5.74, 6) is -0.132. The molecular weight excluding hydrogens is 602 g/mol. The molecule has 0 heterocycles. The number of esters is 1. The molecule has 5 nitrogen and oxygen atoms in total. The van der Waals surface area contributed by atoms with Gasteiger partial charge in [0, 0.05) is 17.4 Å². The van der Waals surface area contributed by atoms with E-state index < -0.39 is 0 Å². The normalized spacial score (nSPS) is 10.4. The Bertz CT molecular complexity index is 1080. The Morgan fingerprint density at radius 2 is 1.21 bits per heavy atom. The zero-order chi connectivity index (χ0) is 32.6. The maximum absolute atomic E-state index is 12.3. The Kier molecular flexibility index (Phi) is 21.3. The first-order chi connectivity index (χ1) is 20.5. The molecule has 0 saturated heterocycles. The lowest BCUT2D eigenvalue weighted by molar-refractivity contribution is -0.147. The monoisotopic (exact) mass is 653 g/mol. The topological polar surface area (TPSA) is 55.8 Å². The number of allylic oxidation sites excluding steroid dienone is 3. The number of amides is 1. The van der Waals surface area contributed by atoms with Gasteiger partial charge in [-0.3, -0.25) is 9.69 Å². The summed E-state index contributed by atoms with van der Waals surface area (Å²) in [6, 6.07) is 19.4. The van der Waals surface area contributed by atoms with Gasteiger partial charge >= 0.3 is 12.1 Å². The van der Waals surface area contributed by atoms with E-state index in [1.807, 2.05) is 86.7 Å². The number of carbonyl (C=O) groups excluding carboxylic acids is 2. The lowest BCUT2D eigenvalue weighted by Gasteiger charge is -2.37. The van der Waals surface area contributed by atoms with E-state index in [9.17, 15) is 9.59 Å². The smallest absolute Gasteiger partial charge is 0.410 e. The maximum atomic E-state index is 12.3. The summed E-state index contributed by atoms with van der Waals surface area (Å²) in [4.78, 5) is 25.8. The summed E-state index contributed by atoms with van der Waals surface area (Å²) >= 11 is 3.13. The number of carbonyl (C=O) groups is 2. The summed E-state index contributed by atoms with van der Waals surface area (Å²) in [6.07, 6.45) is 11.0. The van der Waals surface area contributed by atoms with Crippen molar-refractivity contribution >= 4 is 28.0 Å². The minimum Gasteiger partial charge on any atom is -0.461 e. The Morgan fingerprint density at radius 1 is 0.744 bits per heavy atom. The van der Waals surface area contributed by atoms with Crippen molar-refractivity contribution in [3.63, 3.8) is 0 Å². The van der Waals surface area contributed by atoms with E-state index in [0.717, 1.165) is 42.1 Å². The third-order valence-electron chi connectivity index (χ3n) is 6.43. The molecule has 2 rings (SSSR count). The molecule has 6 heteroatoms. The number of ether oxygens (including phenoxy) is 2. The third-order valence-corrected chi connectivity index (χ3v) is 6.89. The second kappa shape index (κ2) is 23.1. The molecule has 0 spiro atoms. The number of halogens is 1. The second-order valence-electron chi connectivity index (χ2n) is 11.3. The molecule has 0 aliphatic carbocycles. The van der Waals surface area contributed by atoms with Gasteiger partial charge in [0.25, 0.3) is 0 Å². The highest BCUT2D eigenvalue weighted by Gasteiger charge is 2.30. The Hall–Kier alpha value is -3.38. The van der Waals surface area contributed by atoms with Crippen molar-refractivity contribution in [1.29, 1.82) is 0 Å². The molecule has 0 aliphatic rings. The molecule has 43 heavy (non-hydrogen) atoms. The molecule has 236 valence electrons. The molecule has 1 amide bonds. The highest BCUT2D eigenvalue weighted by Crippen LogP contribution is 2.27. The van der Waals surface area contributed by atoms with Crippen LogP contribution in [-0.4, -0.2) is 34.4 Å². The quantitative estimate of drug-likeness (QED) is 0.103. The molecule has 2 aromatic carbocycles. The van der Waals surface area contributed by atoms with Gasteiger partial charge in [-0.1, -0.05) is 115 Å². The van der Waals surface area contributed by atoms with Crippen LogP contribution in [0.4, 0.5) is 4.79 Å². The molecule has 0 saturated carbocycles. The van der Waals surface area contributed by atoms with Crippen LogP contribution in [0.3, 0.4) is 0 Å². The summed E-state index contributed by atoms with van der Waals surface area (Å²) < 4.78 is 10.7. The molecule has 0 fully saturated rings. The van der Waals surface area contributed by atoms with Gasteiger partial charge in [0.1, 0.15) is 13.2 Å². The minimum atomic E-state index is -0.312. The first-order valence-electron chi connectivity index (χ1n) is 14.6. The van der Waals surface area contributed by atoms with Gasteiger partial charge in [-0.25, -0.2) is 4.79 Å². The number of rotatable bonds is 16. The summed E-state index contributed by atoms with van der Waals surface area (Å²) in [5.41, 5.74) is 1.68. The van der Waals surface area contributed by atoms with E-state index in [0.29, 0.717) is 19.6 Å². The first-order valence-corrected chi connectivity index (χ1v) is 15.8. The van der Waals surface area contributed by atoms with Gasteiger partial charge in [0.15, 0.2) is 0 Å². The molecule has 0 bridgehead atoms. The van der Waals surface area contributed by atoms with Crippen molar-refractivity contribution in [2.45, 2.75) is 78.6 Å². The van der Waals surface area contributed by atoms with Gasteiger partial charge in [-0.2, -0.15) is 0 Å². The van der Waals surface area contributed by atoms with Crippen LogP contribution >= 0.6 is 15.9 Å². The van der Waals surface area contributed by atoms with Crippen molar-refractivity contribution in [1.82, 2.24) is 4.90 Å². The second-order valence-corrected chi connectivity index (χ2v) is 12.0. The summed E-state index contributed by atoms with van der Waals surface area (Å²) in [6.45, 7) is 23.9. The predicted molar refractivity (Wildman–Crippen MR) is 185 cm³/mol. The van der Waals surface area contributed by atoms with E-state index in [-0.39, 0.29) is 29.6 Å². The molecule has 2 aromatic rings. The van der Waals surface area contributed by atoms with Crippen LogP contribution in [-0.2, 0) is 27.5 Å². The van der Waals surface area contributed by atoms with Crippen molar-refractivity contribution in [2.24, 2.45) is 5.41 Å². The third kappa shape index (κ3) is 19.4. The Labute approximate surface area is 269 Å². The van der Waals surface area contributed by atoms with E-state index in [1.165, 1.54) is 0 Å². The zero-order valence-corrected chi connectivity index (χ0v) is 28.3. The van der Waals surface area contributed by atoms with Crippen molar-refractivity contribution in [3.05, 3.63) is 122 Å². The van der Waals surface area contributed by atoms with E-state index in [1.54, 1.807) is 17.1 Å². The fourth-order valence-electron chi connectivity index (χ4n) is 3.85. The minimum absolute atomic E-state index is 0.0258. The molecule has 0 N–H and O–H groups in total. The SMILES string of the molecule is C=CCBr.C=CCCC(C)(C)CC(=O)OCc1ccccc1.C=CCCC(C)(C)N(CC=C)C(=O)OCc1ccccc1. The largest absolute Gasteiger partial charge is 0.461 e. The lowest BCUT2D eigenvalue weighted by Crippen LogP contribution is -2.48. The molecule has 0 radical (unpaired) electrons. The number of hydrogen-bond acceptors (Lipinski definition) is 4. The fraction of sp³-hybridized carbons (Fsp3) is 0.405. The zero-order valence-electron chi connectivity index (χ0n) is 26.7. The molecule has 0 aromatic heterocycles. The number of hydrogen-bond donors (Lipinski definition) is 0. The van der Waals surface area contributed by atoms with E-state index in [2.05, 4.69) is 56.1 Å². The average Bonchev–Trinajstić information content (AvgIpc) is 3.00. The predicted octanol–water partition coefficient (Wildman–Crippen LogP) is 10.2. The number of alkyl halides is 1. The first kappa shape index (κ1) is 39.6. The van der Waals surface area contributed by atoms with Gasteiger partial charge in [0.05, 0.1) is 6.42 Å². The number of nitrogens with zero attached hydrogens (tertiary/aromatic N) is 1. The van der Waals surface area contributed by atoms with Gasteiger partial charge < -0.3 is 9.47 Å². The van der Waals surface area contributed by atoms with Crippen LogP contribution in [0.2, 0.25) is 0 Å². The fourth-order valence-corrected chi connectivity index (χ4v) is 3.85. The molecular formula is C37H52BrNO4.